The molecule has 0 saturated carbocycles. The number of hydrogen-bond donors (Lipinski definition) is 2. The smallest absolute Gasteiger partial charge is 0.187 e. The fourth-order valence-electron chi connectivity index (χ4n) is 0.664. The van der Waals surface area contributed by atoms with Gasteiger partial charge in [-0.3, -0.25) is 5.32 Å². The van der Waals surface area contributed by atoms with Gasteiger partial charge in [-0.15, -0.1) is 5.92 Å². The normalized spacial score (nSPS) is 28.9. The third-order valence-corrected chi connectivity index (χ3v) is 1.26. The zero-order valence-corrected chi connectivity index (χ0v) is 5.50. The zero-order chi connectivity index (χ0) is 7.40. The first-order valence-corrected chi connectivity index (χ1v) is 3.06. The topological polar surface area (TPSA) is 44.8 Å². The first kappa shape index (κ1) is 7.61. The van der Waals surface area contributed by atoms with Crippen molar-refractivity contribution in [2.45, 2.75) is 12.3 Å². The highest BCUT2D eigenvalue weighted by atomic mass is 16.6. The van der Waals surface area contributed by atoms with E-state index in [1.165, 1.54) is 0 Å². The van der Waals surface area contributed by atoms with Gasteiger partial charge in [-0.05, 0) is 0 Å². The van der Waals surface area contributed by atoms with Crippen LogP contribution in [0.15, 0.2) is 0 Å². The first-order chi connectivity index (χ1) is 4.88. The van der Waals surface area contributed by atoms with E-state index in [1.807, 2.05) is 0 Å². The van der Waals surface area contributed by atoms with Crippen LogP contribution in [0.5, 0.6) is 0 Å². The number of aliphatic hydroxyl groups is 1. The molecule has 1 aliphatic rings. The molecule has 0 bridgehead atoms. The Hall–Kier alpha value is -0.495. The third-order valence-electron chi connectivity index (χ3n) is 1.26. The maximum Gasteiger partial charge on any atom is 0.187 e. The highest BCUT2D eigenvalue weighted by molar-refractivity contribution is 6.22. The lowest BCUT2D eigenvalue weighted by atomic mass is 10.2. The van der Waals surface area contributed by atoms with E-state index >= 15 is 0 Å². The van der Waals surface area contributed by atoms with Crippen LogP contribution in [0.4, 0.5) is 0 Å². The largest absolute Gasteiger partial charge is 0.394 e. The number of rotatable bonds is 3. The number of aliphatic hydroxyl groups excluding tert-OH is 1. The van der Waals surface area contributed by atoms with Gasteiger partial charge < -0.3 is 9.84 Å². The average molecular weight is 137 g/mol. The molecule has 1 aliphatic heterocycles. The minimum Gasteiger partial charge on any atom is -0.394 e. The molecule has 3 nitrogen and oxygen atoms in total. The number of hydrogen-bond acceptors (Lipinski definition) is 3. The monoisotopic (exact) mass is 137 g/mol. The van der Waals surface area contributed by atoms with Gasteiger partial charge in [-0.25, -0.2) is 0 Å². The van der Waals surface area contributed by atoms with Crippen LogP contribution in [0.3, 0.4) is 0 Å². The maximum absolute atomic E-state index is 8.51. The minimum atomic E-state index is -0.0421. The van der Waals surface area contributed by atoms with E-state index in [1.54, 1.807) is 0 Å². The molecule has 10 heavy (non-hydrogen) atoms. The van der Waals surface area contributed by atoms with Crippen molar-refractivity contribution in [1.82, 2.24) is 5.32 Å². The molecule has 0 amide bonds. The summed E-state index contributed by atoms with van der Waals surface area (Å²) in [6, 6.07) is 0. The number of epoxide rings is 1. The molecular formula is C6H8BNO2. The van der Waals surface area contributed by atoms with Gasteiger partial charge in [0.05, 0.1) is 13.2 Å². The molecule has 1 heterocycles. The summed E-state index contributed by atoms with van der Waals surface area (Å²) in [4.78, 5) is 0. The van der Waals surface area contributed by atoms with Crippen LogP contribution in [-0.4, -0.2) is 38.4 Å². The van der Waals surface area contributed by atoms with Crippen LogP contribution in [0, 0.1) is 11.7 Å². The lowest BCUT2D eigenvalue weighted by Crippen LogP contribution is -2.21. The van der Waals surface area contributed by atoms with Crippen LogP contribution in [0.2, 0.25) is 0 Å². The van der Waals surface area contributed by atoms with Gasteiger partial charge in [-0.2, -0.15) is 5.82 Å². The summed E-state index contributed by atoms with van der Waals surface area (Å²) in [7, 11) is 4.91. The van der Waals surface area contributed by atoms with E-state index in [0.717, 1.165) is 0 Å². The molecule has 0 aromatic rings. The second-order valence-electron chi connectivity index (χ2n) is 1.98. The standard InChI is InChI=1S/C6H8BNO2/c7-2-1-3-8-6-5(4-9)10-6/h5-6,8-9H,3-4H2. The molecule has 1 fully saturated rings. The SMILES string of the molecule is [B]C#CCNC1OC1CO. The Labute approximate surface area is 61.2 Å². The Morgan fingerprint density at radius 2 is 2.50 bits per heavy atom. The second-order valence-corrected chi connectivity index (χ2v) is 1.98. The van der Waals surface area contributed by atoms with Crippen LogP contribution in [0.25, 0.3) is 0 Å². The highest BCUT2D eigenvalue weighted by Crippen LogP contribution is 2.16. The first-order valence-electron chi connectivity index (χ1n) is 3.06. The van der Waals surface area contributed by atoms with E-state index in [-0.39, 0.29) is 18.9 Å². The second kappa shape index (κ2) is 3.62. The van der Waals surface area contributed by atoms with Gasteiger partial charge in [0, 0.05) is 0 Å². The van der Waals surface area contributed by atoms with Crippen molar-refractivity contribution in [3.63, 3.8) is 0 Å². The number of nitrogens with one attached hydrogen (secondary N) is 1. The molecule has 0 aliphatic carbocycles. The Balaban J connectivity index is 2.00. The van der Waals surface area contributed by atoms with Gasteiger partial charge >= 0.3 is 0 Å². The van der Waals surface area contributed by atoms with Gasteiger partial charge in [-0.1, -0.05) is 0 Å². The lowest BCUT2D eigenvalue weighted by Gasteiger charge is -1.89. The molecule has 2 radical (unpaired) electrons. The molecule has 0 aromatic carbocycles. The molecule has 1 rings (SSSR count). The summed E-state index contributed by atoms with van der Waals surface area (Å²) in [6.45, 7) is 0.575. The molecule has 2 N–H and O–H groups in total. The maximum atomic E-state index is 8.51. The van der Waals surface area contributed by atoms with Crippen molar-refractivity contribution >= 4 is 7.85 Å². The fourth-order valence-corrected chi connectivity index (χ4v) is 0.664. The predicted molar refractivity (Wildman–Crippen MR) is 37.3 cm³/mol. The summed E-state index contributed by atoms with van der Waals surface area (Å²) in [5.74, 6) is 4.87. The fraction of sp³-hybridized carbons (Fsp3) is 0.667. The average Bonchev–Trinajstić information content (AvgIpc) is 2.68. The van der Waals surface area contributed by atoms with E-state index in [9.17, 15) is 0 Å². The van der Waals surface area contributed by atoms with Gasteiger partial charge in [0.2, 0.25) is 0 Å². The van der Waals surface area contributed by atoms with Crippen molar-refractivity contribution < 1.29 is 9.84 Å². The molecule has 1 saturated heterocycles. The van der Waals surface area contributed by atoms with Gasteiger partial charge in [0.15, 0.2) is 7.85 Å². The number of ether oxygens (including phenoxy) is 1. The highest BCUT2D eigenvalue weighted by Gasteiger charge is 2.37. The Morgan fingerprint density at radius 3 is 3.00 bits per heavy atom. The van der Waals surface area contributed by atoms with Crippen molar-refractivity contribution in [2.24, 2.45) is 0 Å². The summed E-state index contributed by atoms with van der Waals surface area (Å²) in [5.41, 5.74) is 0. The molecular weight excluding hydrogens is 129 g/mol. The van der Waals surface area contributed by atoms with Gasteiger partial charge in [0.1, 0.15) is 12.3 Å². The molecule has 2 unspecified atom stereocenters. The third kappa shape index (κ3) is 2.03. The minimum absolute atomic E-state index is 0.0224. The van der Waals surface area contributed by atoms with E-state index < -0.39 is 0 Å². The van der Waals surface area contributed by atoms with Crippen molar-refractivity contribution in [3.05, 3.63) is 0 Å². The Kier molecular flexibility index (Phi) is 2.75. The van der Waals surface area contributed by atoms with Gasteiger partial charge in [0.25, 0.3) is 0 Å². The molecule has 4 heteroatoms. The predicted octanol–water partition coefficient (Wildman–Crippen LogP) is -1.58. The van der Waals surface area contributed by atoms with Crippen LogP contribution >= 0.6 is 0 Å². The summed E-state index contributed by atoms with van der Waals surface area (Å²) in [5, 5.41) is 11.4. The molecule has 2 atom stereocenters. The van der Waals surface area contributed by atoms with E-state index in [4.69, 9.17) is 17.7 Å². The molecule has 0 spiro atoms. The van der Waals surface area contributed by atoms with Crippen LogP contribution < -0.4 is 5.32 Å². The zero-order valence-electron chi connectivity index (χ0n) is 5.50. The van der Waals surface area contributed by atoms with Crippen LogP contribution in [0.1, 0.15) is 0 Å². The van der Waals surface area contributed by atoms with E-state index in [2.05, 4.69) is 17.1 Å². The van der Waals surface area contributed by atoms with Crippen molar-refractivity contribution in [1.29, 1.82) is 0 Å². The molecule has 0 aromatic heterocycles. The Bertz CT molecular complexity index is 163. The summed E-state index contributed by atoms with van der Waals surface area (Å²) >= 11 is 0. The molecule has 52 valence electrons. The van der Waals surface area contributed by atoms with E-state index in [0.29, 0.717) is 6.54 Å². The van der Waals surface area contributed by atoms with Crippen molar-refractivity contribution in [3.8, 4) is 11.7 Å². The Morgan fingerprint density at radius 1 is 1.70 bits per heavy atom. The van der Waals surface area contributed by atoms with Crippen LogP contribution in [-0.2, 0) is 4.74 Å². The van der Waals surface area contributed by atoms with Crippen molar-refractivity contribution in [2.75, 3.05) is 13.2 Å². The summed E-state index contributed by atoms with van der Waals surface area (Å²) < 4.78 is 4.94. The quantitative estimate of drug-likeness (QED) is 0.280. The lowest BCUT2D eigenvalue weighted by molar-refractivity contribution is 0.241. The summed E-state index contributed by atoms with van der Waals surface area (Å²) in [6.07, 6.45) is -0.0644.